The minimum absolute atomic E-state index is 0.0860. The fraction of sp³-hybridized carbons (Fsp3) is 0.188. The molecule has 0 saturated carbocycles. The van der Waals surface area contributed by atoms with Gasteiger partial charge in [-0.2, -0.15) is 0 Å². The van der Waals surface area contributed by atoms with Crippen molar-refractivity contribution in [3.05, 3.63) is 144 Å². The SMILES string of the molecule is O=[C]([Pd][C](=O)C(Cc1ccccc1)Cc1ccccc1)C(Cc1ccccc1)Cc1ccccc1. The van der Waals surface area contributed by atoms with Crippen LogP contribution >= 0.6 is 0 Å². The molecule has 0 aliphatic heterocycles. The van der Waals surface area contributed by atoms with Crippen molar-refractivity contribution in [2.75, 3.05) is 0 Å². The van der Waals surface area contributed by atoms with E-state index in [4.69, 9.17) is 0 Å². The summed E-state index contributed by atoms with van der Waals surface area (Å²) >= 11 is -0.580. The Morgan fingerprint density at radius 1 is 0.429 bits per heavy atom. The van der Waals surface area contributed by atoms with Crippen molar-refractivity contribution >= 4 is 8.51 Å². The summed E-state index contributed by atoms with van der Waals surface area (Å²) in [5.74, 6) is -0.404. The molecule has 180 valence electrons. The fourth-order valence-electron chi connectivity index (χ4n) is 4.24. The quantitative estimate of drug-likeness (QED) is 0.193. The van der Waals surface area contributed by atoms with Gasteiger partial charge in [-0.15, -0.1) is 0 Å². The molecule has 0 saturated heterocycles. The predicted molar refractivity (Wildman–Crippen MR) is 138 cm³/mol. The first-order valence-corrected chi connectivity index (χ1v) is 13.5. The first-order valence-electron chi connectivity index (χ1n) is 12.0. The Morgan fingerprint density at radius 3 is 0.886 bits per heavy atom. The molecule has 0 radical (unpaired) electrons. The molecule has 35 heavy (non-hydrogen) atoms. The molecule has 2 nitrogen and oxygen atoms in total. The van der Waals surface area contributed by atoms with E-state index < -0.39 is 18.0 Å². The Morgan fingerprint density at radius 2 is 0.657 bits per heavy atom. The van der Waals surface area contributed by atoms with Crippen molar-refractivity contribution in [2.45, 2.75) is 25.7 Å². The number of benzene rings is 4. The second kappa shape index (κ2) is 13.1. The number of hydrogen-bond acceptors (Lipinski definition) is 2. The Bertz CT molecular complexity index is 1010. The van der Waals surface area contributed by atoms with Crippen molar-refractivity contribution < 1.29 is 27.6 Å². The van der Waals surface area contributed by atoms with Gasteiger partial charge in [-0.25, -0.2) is 0 Å². The zero-order chi connectivity index (χ0) is 24.3. The van der Waals surface area contributed by atoms with E-state index in [0.717, 1.165) is 22.3 Å². The van der Waals surface area contributed by atoms with E-state index >= 15 is 0 Å². The Balaban J connectivity index is 1.51. The van der Waals surface area contributed by atoms with Gasteiger partial charge < -0.3 is 0 Å². The standard InChI is InChI=1S/2C16H15O.Pd/c2*17-13-16(11-14-7-3-1-4-8-14)12-15-9-5-2-6-10-15;/h2*1-10,16H,11-12H2;. The van der Waals surface area contributed by atoms with E-state index in [1.54, 1.807) is 0 Å². The van der Waals surface area contributed by atoms with Gasteiger partial charge in [0.25, 0.3) is 0 Å². The van der Waals surface area contributed by atoms with E-state index in [1.807, 2.05) is 72.8 Å². The number of hydrogen-bond donors (Lipinski definition) is 0. The third-order valence-electron chi connectivity index (χ3n) is 6.05. The van der Waals surface area contributed by atoms with Gasteiger partial charge in [0, 0.05) is 0 Å². The molecule has 0 aliphatic carbocycles. The van der Waals surface area contributed by atoms with Crippen molar-refractivity contribution in [1.82, 2.24) is 0 Å². The maximum absolute atomic E-state index is 13.6. The third kappa shape index (κ3) is 7.96. The van der Waals surface area contributed by atoms with Crippen molar-refractivity contribution in [1.29, 1.82) is 0 Å². The summed E-state index contributed by atoms with van der Waals surface area (Å²) < 4.78 is 0.172. The summed E-state index contributed by atoms with van der Waals surface area (Å²) in [5, 5.41) is 0. The van der Waals surface area contributed by atoms with Crippen molar-refractivity contribution in [3.63, 3.8) is 0 Å². The molecule has 0 aromatic heterocycles. The Kier molecular flexibility index (Phi) is 9.35. The van der Waals surface area contributed by atoms with Gasteiger partial charge >= 0.3 is 217 Å². The number of carbonyl (C=O) groups excluding carboxylic acids is 2. The summed E-state index contributed by atoms with van der Waals surface area (Å²) in [5.41, 5.74) is 4.53. The predicted octanol–water partition coefficient (Wildman–Crippen LogP) is 6.33. The van der Waals surface area contributed by atoms with Gasteiger partial charge in [0.2, 0.25) is 0 Å². The normalized spacial score (nSPS) is 11.1. The molecule has 0 fully saturated rings. The van der Waals surface area contributed by atoms with Crippen LogP contribution in [-0.4, -0.2) is 8.51 Å². The van der Waals surface area contributed by atoms with E-state index in [-0.39, 0.29) is 20.3 Å². The molecule has 3 heteroatoms. The molecule has 4 rings (SSSR count). The molecule has 0 spiro atoms. The monoisotopic (exact) mass is 552 g/mol. The molecular formula is C32H30O2Pd. The van der Waals surface area contributed by atoms with E-state index in [0.29, 0.717) is 25.7 Å². The summed E-state index contributed by atoms with van der Waals surface area (Å²) in [6, 6.07) is 40.5. The second-order valence-corrected chi connectivity index (χ2v) is 10.7. The zero-order valence-electron chi connectivity index (χ0n) is 19.7. The number of rotatable bonds is 12. The van der Waals surface area contributed by atoms with Crippen LogP contribution in [0.2, 0.25) is 0 Å². The molecule has 0 bridgehead atoms. The molecule has 0 aliphatic rings. The molecule has 0 unspecified atom stereocenters. The summed E-state index contributed by atoms with van der Waals surface area (Å²) in [6.45, 7) is 0. The van der Waals surface area contributed by atoms with Gasteiger partial charge in [0.1, 0.15) is 0 Å². The van der Waals surface area contributed by atoms with Gasteiger partial charge in [0.15, 0.2) is 0 Å². The third-order valence-corrected chi connectivity index (χ3v) is 8.08. The summed E-state index contributed by atoms with van der Waals surface area (Å²) in [6.07, 6.45) is 2.62. The molecule has 0 atom stereocenters. The molecule has 4 aromatic rings. The Labute approximate surface area is 216 Å². The van der Waals surface area contributed by atoms with Crippen LogP contribution in [0, 0.1) is 11.8 Å². The van der Waals surface area contributed by atoms with Crippen molar-refractivity contribution in [2.24, 2.45) is 11.8 Å². The van der Waals surface area contributed by atoms with E-state index in [9.17, 15) is 9.59 Å². The molecule has 4 aromatic carbocycles. The van der Waals surface area contributed by atoms with Gasteiger partial charge in [-0.1, -0.05) is 0 Å². The molecule has 0 amide bonds. The van der Waals surface area contributed by atoms with Crippen LogP contribution in [0.3, 0.4) is 0 Å². The van der Waals surface area contributed by atoms with Gasteiger partial charge in [-0.05, 0) is 0 Å². The average molecular weight is 553 g/mol. The number of carbonyl (C=O) groups is 2. The van der Waals surface area contributed by atoms with E-state index in [2.05, 4.69) is 48.5 Å². The van der Waals surface area contributed by atoms with Crippen molar-refractivity contribution in [3.8, 4) is 0 Å². The van der Waals surface area contributed by atoms with Gasteiger partial charge in [0.05, 0.1) is 0 Å². The maximum atomic E-state index is 13.6. The van der Waals surface area contributed by atoms with Crippen LogP contribution in [-0.2, 0) is 53.3 Å². The first kappa shape index (κ1) is 25.0. The van der Waals surface area contributed by atoms with Crippen LogP contribution in [0.25, 0.3) is 0 Å². The molecular weight excluding hydrogens is 523 g/mol. The zero-order valence-corrected chi connectivity index (χ0v) is 21.2. The van der Waals surface area contributed by atoms with Crippen LogP contribution in [0.15, 0.2) is 121 Å². The summed E-state index contributed by atoms with van der Waals surface area (Å²) in [4.78, 5) is 27.1. The molecule has 0 heterocycles. The minimum atomic E-state index is -0.580. The average Bonchev–Trinajstić information content (AvgIpc) is 2.90. The van der Waals surface area contributed by atoms with Gasteiger partial charge in [-0.3, -0.25) is 0 Å². The van der Waals surface area contributed by atoms with Crippen LogP contribution < -0.4 is 0 Å². The molecule has 0 N–H and O–H groups in total. The van der Waals surface area contributed by atoms with E-state index in [1.165, 1.54) is 0 Å². The van der Waals surface area contributed by atoms with Crippen LogP contribution in [0.5, 0.6) is 0 Å². The first-order chi connectivity index (χ1) is 17.2. The van der Waals surface area contributed by atoms with Crippen LogP contribution in [0.1, 0.15) is 22.3 Å². The fourth-order valence-corrected chi connectivity index (χ4v) is 5.89. The Hall–Kier alpha value is -3.12. The second-order valence-electron chi connectivity index (χ2n) is 8.78. The van der Waals surface area contributed by atoms with Crippen LogP contribution in [0.4, 0.5) is 0 Å². The topological polar surface area (TPSA) is 34.1 Å². The summed E-state index contributed by atoms with van der Waals surface area (Å²) in [7, 11) is 0.